The number of pyridine rings is 1. The molecule has 4 heteroatoms. The average Bonchev–Trinajstić information content (AvgIpc) is 2.91. The van der Waals surface area contributed by atoms with Crippen molar-refractivity contribution in [2.75, 3.05) is 20.2 Å². The van der Waals surface area contributed by atoms with Gasteiger partial charge in [-0.25, -0.2) is 0 Å². The predicted octanol–water partition coefficient (Wildman–Crippen LogP) is 1.61. The maximum atomic E-state index is 12.1. The maximum Gasteiger partial charge on any atom is 0.251 e. The number of benzene rings is 1. The lowest BCUT2D eigenvalue weighted by Gasteiger charge is -2.09. The minimum Gasteiger partial charge on any atom is -0.497 e. The summed E-state index contributed by atoms with van der Waals surface area (Å²) in [6, 6.07) is 7.69. The van der Waals surface area contributed by atoms with Crippen LogP contribution in [0.5, 0.6) is 5.75 Å². The summed E-state index contributed by atoms with van der Waals surface area (Å²) in [4.78, 5) is 15.0. The van der Waals surface area contributed by atoms with Gasteiger partial charge in [0.2, 0.25) is 0 Å². The van der Waals surface area contributed by atoms with Gasteiger partial charge in [0.05, 0.1) is 7.11 Å². The summed E-state index contributed by atoms with van der Waals surface area (Å²) in [5, 5.41) is 4.32. The Labute approximate surface area is 105 Å². The molecule has 0 saturated carbocycles. The largest absolute Gasteiger partial charge is 0.497 e. The number of fused-ring (bicyclic) bond motifs is 1. The second-order valence-corrected chi connectivity index (χ2v) is 4.70. The van der Waals surface area contributed by atoms with E-state index in [1.54, 1.807) is 7.11 Å². The molecule has 1 aliphatic rings. The second-order valence-electron chi connectivity index (χ2n) is 4.70. The number of hydrogen-bond donors (Lipinski definition) is 2. The fourth-order valence-electron chi connectivity index (χ4n) is 2.55. The Morgan fingerprint density at radius 1 is 1.33 bits per heavy atom. The van der Waals surface area contributed by atoms with Gasteiger partial charge in [0.25, 0.3) is 5.56 Å². The second kappa shape index (κ2) is 4.46. The molecular formula is C14H16N2O2. The smallest absolute Gasteiger partial charge is 0.251 e. The summed E-state index contributed by atoms with van der Waals surface area (Å²) in [5.41, 5.74) is 1.76. The molecule has 1 aliphatic heterocycles. The molecule has 1 aromatic carbocycles. The highest BCUT2D eigenvalue weighted by Gasteiger charge is 2.19. The summed E-state index contributed by atoms with van der Waals surface area (Å²) in [7, 11) is 1.65. The Kier molecular flexibility index (Phi) is 2.80. The quantitative estimate of drug-likeness (QED) is 0.844. The van der Waals surface area contributed by atoms with Gasteiger partial charge in [-0.1, -0.05) is 0 Å². The van der Waals surface area contributed by atoms with Crippen LogP contribution >= 0.6 is 0 Å². The van der Waals surface area contributed by atoms with E-state index in [1.165, 1.54) is 0 Å². The van der Waals surface area contributed by atoms with Crippen LogP contribution in [0.1, 0.15) is 17.9 Å². The van der Waals surface area contributed by atoms with E-state index >= 15 is 0 Å². The molecule has 0 spiro atoms. The Balaban J connectivity index is 2.14. The molecule has 1 unspecified atom stereocenters. The lowest BCUT2D eigenvalue weighted by Crippen LogP contribution is -2.18. The molecule has 0 amide bonds. The lowest BCUT2D eigenvalue weighted by atomic mass is 9.98. The van der Waals surface area contributed by atoms with Gasteiger partial charge in [-0.15, -0.1) is 0 Å². The number of rotatable bonds is 2. The van der Waals surface area contributed by atoms with Crippen molar-refractivity contribution in [2.45, 2.75) is 12.3 Å². The van der Waals surface area contributed by atoms with E-state index in [2.05, 4.69) is 10.3 Å². The van der Waals surface area contributed by atoms with E-state index in [9.17, 15) is 4.79 Å². The zero-order chi connectivity index (χ0) is 12.5. The number of aromatic amines is 1. The topological polar surface area (TPSA) is 54.1 Å². The molecule has 2 N–H and O–H groups in total. The fraction of sp³-hybridized carbons (Fsp3) is 0.357. The Morgan fingerprint density at radius 3 is 2.94 bits per heavy atom. The van der Waals surface area contributed by atoms with Crippen LogP contribution in [0.3, 0.4) is 0 Å². The molecule has 94 valence electrons. The zero-order valence-electron chi connectivity index (χ0n) is 10.3. The number of hydrogen-bond acceptors (Lipinski definition) is 3. The number of aromatic nitrogens is 1. The van der Waals surface area contributed by atoms with Gasteiger partial charge in [-0.3, -0.25) is 4.79 Å². The maximum absolute atomic E-state index is 12.1. The molecule has 2 heterocycles. The van der Waals surface area contributed by atoms with Crippen molar-refractivity contribution >= 4 is 10.9 Å². The van der Waals surface area contributed by atoms with Crippen LogP contribution in [0.2, 0.25) is 0 Å². The summed E-state index contributed by atoms with van der Waals surface area (Å²) >= 11 is 0. The first-order valence-electron chi connectivity index (χ1n) is 6.19. The van der Waals surface area contributed by atoms with Crippen molar-refractivity contribution in [1.82, 2.24) is 10.3 Å². The molecule has 1 saturated heterocycles. The van der Waals surface area contributed by atoms with Crippen LogP contribution < -0.4 is 15.6 Å². The fourth-order valence-corrected chi connectivity index (χ4v) is 2.55. The van der Waals surface area contributed by atoms with Gasteiger partial charge in [0, 0.05) is 28.9 Å². The van der Waals surface area contributed by atoms with Crippen LogP contribution in [0.25, 0.3) is 10.9 Å². The molecule has 1 aromatic heterocycles. The number of ether oxygens (including phenoxy) is 1. The van der Waals surface area contributed by atoms with Crippen LogP contribution in [0, 0.1) is 0 Å². The van der Waals surface area contributed by atoms with Gasteiger partial charge >= 0.3 is 0 Å². The molecule has 18 heavy (non-hydrogen) atoms. The summed E-state index contributed by atoms with van der Waals surface area (Å²) in [5.74, 6) is 1.13. The van der Waals surface area contributed by atoms with Crippen LogP contribution in [-0.2, 0) is 0 Å². The highest BCUT2D eigenvalue weighted by molar-refractivity contribution is 5.80. The van der Waals surface area contributed by atoms with Crippen molar-refractivity contribution in [1.29, 1.82) is 0 Å². The predicted molar refractivity (Wildman–Crippen MR) is 71.3 cm³/mol. The normalized spacial score (nSPS) is 19.3. The van der Waals surface area contributed by atoms with Gasteiger partial charge < -0.3 is 15.0 Å². The number of methoxy groups -OCH3 is 1. The molecule has 1 fully saturated rings. The van der Waals surface area contributed by atoms with Crippen LogP contribution in [-0.4, -0.2) is 25.2 Å². The third-order valence-corrected chi connectivity index (χ3v) is 3.58. The highest BCUT2D eigenvalue weighted by atomic mass is 16.5. The van der Waals surface area contributed by atoms with E-state index in [0.29, 0.717) is 5.92 Å². The van der Waals surface area contributed by atoms with E-state index < -0.39 is 0 Å². The van der Waals surface area contributed by atoms with E-state index in [0.717, 1.165) is 41.7 Å². The minimum absolute atomic E-state index is 0.0290. The summed E-state index contributed by atoms with van der Waals surface area (Å²) < 4.78 is 5.21. The van der Waals surface area contributed by atoms with Gasteiger partial charge in [-0.05, 0) is 37.2 Å². The first kappa shape index (κ1) is 11.3. The van der Waals surface area contributed by atoms with Crippen molar-refractivity contribution in [3.05, 3.63) is 40.2 Å². The molecular weight excluding hydrogens is 228 g/mol. The lowest BCUT2D eigenvalue weighted by molar-refractivity contribution is 0.415. The molecule has 0 aliphatic carbocycles. The molecule has 3 rings (SSSR count). The Morgan fingerprint density at radius 2 is 2.22 bits per heavy atom. The first-order chi connectivity index (χ1) is 8.78. The molecule has 1 atom stereocenters. The third kappa shape index (κ3) is 1.88. The number of nitrogens with one attached hydrogen (secondary N) is 2. The Bertz CT molecular complexity index is 627. The Hall–Kier alpha value is -1.81. The minimum atomic E-state index is 0.0290. The van der Waals surface area contributed by atoms with Crippen molar-refractivity contribution < 1.29 is 4.74 Å². The van der Waals surface area contributed by atoms with Gasteiger partial charge in [0.15, 0.2) is 0 Å². The monoisotopic (exact) mass is 244 g/mol. The van der Waals surface area contributed by atoms with Crippen LogP contribution in [0.4, 0.5) is 0 Å². The molecule has 0 bridgehead atoms. The first-order valence-corrected chi connectivity index (χ1v) is 6.19. The van der Waals surface area contributed by atoms with Crippen molar-refractivity contribution in [2.24, 2.45) is 0 Å². The van der Waals surface area contributed by atoms with E-state index in [4.69, 9.17) is 4.74 Å². The van der Waals surface area contributed by atoms with Crippen molar-refractivity contribution in [3.8, 4) is 5.75 Å². The molecule has 0 radical (unpaired) electrons. The molecule has 4 nitrogen and oxygen atoms in total. The van der Waals surface area contributed by atoms with Crippen LogP contribution in [0.15, 0.2) is 29.1 Å². The van der Waals surface area contributed by atoms with E-state index in [-0.39, 0.29) is 5.56 Å². The van der Waals surface area contributed by atoms with Gasteiger partial charge in [0.1, 0.15) is 5.75 Å². The van der Waals surface area contributed by atoms with Crippen molar-refractivity contribution in [3.63, 3.8) is 0 Å². The summed E-state index contributed by atoms with van der Waals surface area (Å²) in [6.45, 7) is 1.87. The van der Waals surface area contributed by atoms with E-state index in [1.807, 2.05) is 24.3 Å². The zero-order valence-corrected chi connectivity index (χ0v) is 10.3. The summed E-state index contributed by atoms with van der Waals surface area (Å²) in [6.07, 6.45) is 1.03. The number of H-pyrrole nitrogens is 1. The standard InChI is InChI=1S/C14H16N2O2/c1-18-11-2-3-13-10(6-11)7-12(14(17)16-13)9-4-5-15-8-9/h2-3,6-7,9,15H,4-5,8H2,1H3,(H,16,17). The average molecular weight is 244 g/mol. The highest BCUT2D eigenvalue weighted by Crippen LogP contribution is 2.24. The SMILES string of the molecule is COc1ccc2[nH]c(=O)c(C3CCNC3)cc2c1. The third-order valence-electron chi connectivity index (χ3n) is 3.58. The molecule has 2 aromatic rings. The van der Waals surface area contributed by atoms with Gasteiger partial charge in [-0.2, -0.15) is 0 Å².